The largest absolute Gasteiger partial charge is 0.460 e. The molecule has 0 N–H and O–H groups in total. The molecule has 6 heteroatoms. The molecule has 0 aromatic heterocycles. The zero-order valence-corrected chi connectivity index (χ0v) is 19.1. The first kappa shape index (κ1) is 23.5. The van der Waals surface area contributed by atoms with E-state index in [1.165, 1.54) is 4.90 Å². The molecule has 1 saturated heterocycles. The van der Waals surface area contributed by atoms with E-state index in [4.69, 9.17) is 9.47 Å². The van der Waals surface area contributed by atoms with Gasteiger partial charge in [0, 0.05) is 0 Å². The van der Waals surface area contributed by atoms with Crippen LogP contribution in [0.5, 0.6) is 0 Å². The van der Waals surface area contributed by atoms with Gasteiger partial charge in [-0.05, 0) is 44.2 Å². The minimum Gasteiger partial charge on any atom is -0.460 e. The number of rotatable bonds is 7. The van der Waals surface area contributed by atoms with Crippen molar-refractivity contribution in [2.75, 3.05) is 6.61 Å². The smallest absolute Gasteiger partial charge is 0.416 e. The number of ether oxygens (including phenoxy) is 2. The fourth-order valence-corrected chi connectivity index (χ4v) is 3.98. The first-order valence-corrected chi connectivity index (χ1v) is 11.0. The Morgan fingerprint density at radius 3 is 2.25 bits per heavy atom. The van der Waals surface area contributed by atoms with Gasteiger partial charge in [0.15, 0.2) is 0 Å². The number of imide groups is 1. The molecule has 6 nitrogen and oxygen atoms in total. The molecular weight excluding hydrogens is 406 g/mol. The van der Waals surface area contributed by atoms with Gasteiger partial charge in [-0.15, -0.1) is 0 Å². The van der Waals surface area contributed by atoms with E-state index in [9.17, 15) is 14.4 Å². The first-order chi connectivity index (χ1) is 15.2. The summed E-state index contributed by atoms with van der Waals surface area (Å²) in [6.07, 6.45) is -0.282. The maximum Gasteiger partial charge on any atom is 0.416 e. The van der Waals surface area contributed by atoms with Gasteiger partial charge in [0.1, 0.15) is 12.2 Å². The van der Waals surface area contributed by atoms with Crippen molar-refractivity contribution < 1.29 is 23.9 Å². The zero-order chi connectivity index (χ0) is 23.3. The number of nitrogens with zero attached hydrogens (tertiary/aromatic N) is 1. The molecule has 2 amide bonds. The molecule has 2 unspecified atom stereocenters. The minimum absolute atomic E-state index is 0.117. The molecule has 1 fully saturated rings. The van der Waals surface area contributed by atoms with Crippen molar-refractivity contribution in [3.05, 3.63) is 71.8 Å². The maximum absolute atomic E-state index is 13.7. The number of carbonyl (C=O) groups is 3. The molecule has 0 bridgehead atoms. The number of cyclic esters (lactones) is 1. The molecule has 3 atom stereocenters. The van der Waals surface area contributed by atoms with Crippen molar-refractivity contribution in [3.63, 3.8) is 0 Å². The summed E-state index contributed by atoms with van der Waals surface area (Å²) in [6, 6.07) is 18.8. The summed E-state index contributed by atoms with van der Waals surface area (Å²) >= 11 is 0. The van der Waals surface area contributed by atoms with Gasteiger partial charge in [0.25, 0.3) is 0 Å². The van der Waals surface area contributed by atoms with E-state index in [2.05, 4.69) is 0 Å². The Kier molecular flexibility index (Phi) is 7.33. The normalized spacial score (nSPS) is 18.1. The number of hydrogen-bond donors (Lipinski definition) is 0. The summed E-state index contributed by atoms with van der Waals surface area (Å²) in [6.45, 7) is 7.40. The van der Waals surface area contributed by atoms with Crippen molar-refractivity contribution in [1.29, 1.82) is 0 Å². The summed E-state index contributed by atoms with van der Waals surface area (Å²) in [5, 5.41) is 0. The van der Waals surface area contributed by atoms with Gasteiger partial charge >= 0.3 is 12.1 Å². The number of esters is 1. The zero-order valence-electron chi connectivity index (χ0n) is 19.1. The fourth-order valence-electron chi connectivity index (χ4n) is 3.98. The molecule has 170 valence electrons. The molecule has 32 heavy (non-hydrogen) atoms. The third kappa shape index (κ3) is 5.96. The lowest BCUT2D eigenvalue weighted by molar-refractivity contribution is -0.158. The average Bonchev–Trinajstić information content (AvgIpc) is 3.11. The van der Waals surface area contributed by atoms with E-state index in [1.807, 2.05) is 67.6 Å². The molecule has 0 radical (unpaired) electrons. The maximum atomic E-state index is 13.7. The second-order valence-electron chi connectivity index (χ2n) is 9.23. The van der Waals surface area contributed by atoms with Crippen LogP contribution in [-0.4, -0.2) is 41.1 Å². The highest BCUT2D eigenvalue weighted by Gasteiger charge is 2.43. The SMILES string of the molecule is CC(c1ccccc1)C(CC(=O)OC(C)(C)C)C(=O)N1C(=O)OC[C@H]1Cc1ccccc1. The Labute approximate surface area is 189 Å². The van der Waals surface area contributed by atoms with Crippen molar-refractivity contribution >= 4 is 18.0 Å². The van der Waals surface area contributed by atoms with Crippen LogP contribution < -0.4 is 0 Å². The van der Waals surface area contributed by atoms with E-state index in [0.29, 0.717) is 6.42 Å². The van der Waals surface area contributed by atoms with Gasteiger partial charge in [0.2, 0.25) is 5.91 Å². The molecule has 3 rings (SSSR count). The lowest BCUT2D eigenvalue weighted by atomic mass is 9.84. The standard InChI is InChI=1S/C26H31NO5/c1-18(20-13-9-6-10-14-20)22(16-23(28)32-26(2,3)4)24(29)27-21(17-31-25(27)30)15-19-11-7-5-8-12-19/h5-14,18,21-22H,15-17H2,1-4H3/t18?,21-,22?/m1/s1. The summed E-state index contributed by atoms with van der Waals surface area (Å²) in [5.74, 6) is -1.92. The monoisotopic (exact) mass is 437 g/mol. The number of benzene rings is 2. The second kappa shape index (κ2) is 9.98. The van der Waals surface area contributed by atoms with Gasteiger partial charge in [-0.3, -0.25) is 9.59 Å². The van der Waals surface area contributed by atoms with Gasteiger partial charge in [0.05, 0.1) is 18.4 Å². The van der Waals surface area contributed by atoms with E-state index in [-0.39, 0.29) is 18.9 Å². The van der Waals surface area contributed by atoms with Crippen molar-refractivity contribution in [3.8, 4) is 0 Å². The van der Waals surface area contributed by atoms with Gasteiger partial charge in [-0.2, -0.15) is 0 Å². The predicted octanol–water partition coefficient (Wildman–Crippen LogP) is 4.73. The predicted molar refractivity (Wildman–Crippen MR) is 121 cm³/mol. The summed E-state index contributed by atoms with van der Waals surface area (Å²) in [5.41, 5.74) is 1.26. The molecule has 1 aliphatic rings. The highest BCUT2D eigenvalue weighted by atomic mass is 16.6. The highest BCUT2D eigenvalue weighted by molar-refractivity contribution is 5.96. The van der Waals surface area contributed by atoms with E-state index >= 15 is 0 Å². The third-order valence-corrected chi connectivity index (χ3v) is 5.57. The molecule has 1 aliphatic heterocycles. The van der Waals surface area contributed by atoms with Crippen molar-refractivity contribution in [2.24, 2.45) is 5.92 Å². The summed E-state index contributed by atoms with van der Waals surface area (Å²) in [7, 11) is 0. The quantitative estimate of drug-likeness (QED) is 0.586. The van der Waals surface area contributed by atoms with Crippen LogP contribution in [0.3, 0.4) is 0 Å². The molecule has 0 spiro atoms. The Bertz CT molecular complexity index is 936. The first-order valence-electron chi connectivity index (χ1n) is 11.0. The highest BCUT2D eigenvalue weighted by Crippen LogP contribution is 2.32. The van der Waals surface area contributed by atoms with E-state index in [1.54, 1.807) is 20.8 Å². The van der Waals surface area contributed by atoms with E-state index < -0.39 is 35.5 Å². The van der Waals surface area contributed by atoms with Crippen LogP contribution in [0.15, 0.2) is 60.7 Å². The van der Waals surface area contributed by atoms with Crippen LogP contribution in [0.4, 0.5) is 4.79 Å². The van der Waals surface area contributed by atoms with Crippen molar-refractivity contribution in [1.82, 2.24) is 4.90 Å². The van der Waals surface area contributed by atoms with Crippen LogP contribution in [0, 0.1) is 5.92 Å². The number of amides is 2. The lowest BCUT2D eigenvalue weighted by Gasteiger charge is -2.29. The summed E-state index contributed by atoms with van der Waals surface area (Å²) in [4.78, 5) is 40.1. The number of carbonyl (C=O) groups excluding carboxylic acids is 3. The molecule has 0 aliphatic carbocycles. The van der Waals surface area contributed by atoms with Crippen LogP contribution >= 0.6 is 0 Å². The minimum atomic E-state index is -0.754. The lowest BCUT2D eigenvalue weighted by Crippen LogP contribution is -2.45. The Morgan fingerprint density at radius 2 is 1.66 bits per heavy atom. The van der Waals surface area contributed by atoms with Gasteiger partial charge in [-0.25, -0.2) is 9.69 Å². The van der Waals surface area contributed by atoms with Crippen molar-refractivity contribution in [2.45, 2.75) is 58.1 Å². The average molecular weight is 438 g/mol. The molecular formula is C26H31NO5. The van der Waals surface area contributed by atoms with Crippen LogP contribution in [0.25, 0.3) is 0 Å². The Morgan fingerprint density at radius 1 is 1.06 bits per heavy atom. The molecule has 2 aromatic carbocycles. The van der Waals surface area contributed by atoms with Crippen LogP contribution in [-0.2, 0) is 25.5 Å². The molecule has 2 aromatic rings. The molecule has 0 saturated carbocycles. The Hall–Kier alpha value is -3.15. The topological polar surface area (TPSA) is 72.9 Å². The number of hydrogen-bond acceptors (Lipinski definition) is 5. The Balaban J connectivity index is 1.87. The fraction of sp³-hybridized carbons (Fsp3) is 0.423. The van der Waals surface area contributed by atoms with Crippen LogP contribution in [0.2, 0.25) is 0 Å². The van der Waals surface area contributed by atoms with E-state index in [0.717, 1.165) is 11.1 Å². The second-order valence-corrected chi connectivity index (χ2v) is 9.23. The van der Waals surface area contributed by atoms with Gasteiger partial charge < -0.3 is 9.47 Å². The third-order valence-electron chi connectivity index (χ3n) is 5.57. The van der Waals surface area contributed by atoms with Gasteiger partial charge in [-0.1, -0.05) is 67.6 Å². The summed E-state index contributed by atoms with van der Waals surface area (Å²) < 4.78 is 10.7. The van der Waals surface area contributed by atoms with Crippen LogP contribution in [0.1, 0.15) is 51.2 Å². The molecule has 1 heterocycles.